The fraction of sp³-hybridized carbons (Fsp3) is 0.429. The molecule has 0 spiro atoms. The highest BCUT2D eigenvalue weighted by Gasteiger charge is 1.78. The molecule has 1 nitrogen and oxygen atoms in total. The lowest BCUT2D eigenvalue weighted by Gasteiger charge is -2.05. The van der Waals surface area contributed by atoms with Gasteiger partial charge in [0.05, 0.1) is 0 Å². The van der Waals surface area contributed by atoms with Crippen molar-refractivity contribution in [3.63, 3.8) is 0 Å². The van der Waals surface area contributed by atoms with E-state index in [2.05, 4.69) is 0 Å². The number of allylic oxidation sites excluding steroid dienone is 3. The molecule has 0 bridgehead atoms. The molecule has 0 aromatic heterocycles. The maximum atomic E-state index is 2.04. The van der Waals surface area contributed by atoms with E-state index < -0.39 is 0 Å². The predicted molar refractivity (Wildman–Crippen MR) is 45.2 cm³/mol. The van der Waals surface area contributed by atoms with Crippen molar-refractivity contribution in [1.82, 2.24) is 4.31 Å². The van der Waals surface area contributed by atoms with E-state index in [1.807, 2.05) is 49.0 Å². The Balaban J connectivity index is 3.43. The Labute approximate surface area is 61.6 Å². The summed E-state index contributed by atoms with van der Waals surface area (Å²) < 4.78 is 2.04. The topological polar surface area (TPSA) is 3.24 Å². The molecule has 0 radical (unpaired) electrons. The van der Waals surface area contributed by atoms with Gasteiger partial charge in [-0.25, -0.2) is 0 Å². The molecule has 0 aromatic rings. The summed E-state index contributed by atoms with van der Waals surface area (Å²) in [7, 11) is 2.02. The molecule has 0 N–H and O–H groups in total. The lowest BCUT2D eigenvalue weighted by atomic mass is 10.5. The van der Waals surface area contributed by atoms with Crippen molar-refractivity contribution in [2.75, 3.05) is 13.3 Å². The number of hydrogen-bond acceptors (Lipinski definition) is 2. The van der Waals surface area contributed by atoms with Gasteiger partial charge in [-0.1, -0.05) is 24.1 Å². The molecule has 0 atom stereocenters. The fourth-order valence-electron chi connectivity index (χ4n) is 0.343. The first-order valence-corrected chi connectivity index (χ1v) is 4.06. The molecule has 0 fully saturated rings. The summed E-state index contributed by atoms with van der Waals surface area (Å²) in [5.74, 6) is 0. The molecule has 0 aliphatic rings. The van der Waals surface area contributed by atoms with Gasteiger partial charge in [0.2, 0.25) is 0 Å². The molecule has 0 saturated carbocycles. The Morgan fingerprint density at radius 3 is 2.44 bits per heavy atom. The zero-order chi connectivity index (χ0) is 7.11. The first kappa shape index (κ1) is 8.63. The van der Waals surface area contributed by atoms with E-state index in [0.717, 1.165) is 0 Å². The highest BCUT2D eigenvalue weighted by molar-refractivity contribution is 7.96. The Hall–Kier alpha value is -0.370. The van der Waals surface area contributed by atoms with Crippen molar-refractivity contribution in [2.45, 2.75) is 6.92 Å². The molecule has 0 amide bonds. The number of rotatable bonds is 3. The van der Waals surface area contributed by atoms with E-state index in [1.165, 1.54) is 0 Å². The van der Waals surface area contributed by atoms with Gasteiger partial charge in [0.15, 0.2) is 0 Å². The Kier molecular flexibility index (Phi) is 5.52. The van der Waals surface area contributed by atoms with Gasteiger partial charge in [0.1, 0.15) is 0 Å². The second-order valence-electron chi connectivity index (χ2n) is 1.60. The largest absolute Gasteiger partial charge is 0.327 e. The summed E-state index contributed by atoms with van der Waals surface area (Å²) in [6.07, 6.45) is 10.1. The minimum atomic E-state index is 1.69. The summed E-state index contributed by atoms with van der Waals surface area (Å²) >= 11 is 1.69. The molecule has 52 valence electrons. The van der Waals surface area contributed by atoms with Crippen LogP contribution in [0.3, 0.4) is 0 Å². The molecule has 0 unspecified atom stereocenters. The second kappa shape index (κ2) is 5.76. The molecule has 2 heteroatoms. The molecular weight excluding hydrogens is 130 g/mol. The standard InChI is InChI=1S/C7H13NS/c1-4-5-6-7-8(2)9-3/h4-7H,1-3H3/b5-4-,7-6-. The normalized spacial score (nSPS) is 11.4. The van der Waals surface area contributed by atoms with Crippen molar-refractivity contribution in [3.05, 3.63) is 24.4 Å². The smallest absolute Gasteiger partial charge is 0.0176 e. The fourth-order valence-corrected chi connectivity index (χ4v) is 0.535. The quantitative estimate of drug-likeness (QED) is 0.440. The summed E-state index contributed by atoms with van der Waals surface area (Å²) in [5.41, 5.74) is 0. The SMILES string of the molecule is C/C=C\C=C/N(C)SC. The van der Waals surface area contributed by atoms with Crippen molar-refractivity contribution in [3.8, 4) is 0 Å². The van der Waals surface area contributed by atoms with Crippen LogP contribution in [0, 0.1) is 0 Å². The first-order valence-electron chi connectivity index (χ1n) is 2.87. The zero-order valence-corrected chi connectivity index (χ0v) is 6.98. The van der Waals surface area contributed by atoms with Gasteiger partial charge in [0.25, 0.3) is 0 Å². The van der Waals surface area contributed by atoms with E-state index >= 15 is 0 Å². The minimum absolute atomic E-state index is 1.69. The lowest BCUT2D eigenvalue weighted by Crippen LogP contribution is -1.95. The average Bonchev–Trinajstić information content (AvgIpc) is 1.89. The van der Waals surface area contributed by atoms with Crippen LogP contribution in [0.15, 0.2) is 24.4 Å². The summed E-state index contributed by atoms with van der Waals surface area (Å²) in [6.45, 7) is 2.00. The second-order valence-corrected chi connectivity index (χ2v) is 2.54. The van der Waals surface area contributed by atoms with Crippen molar-refractivity contribution in [1.29, 1.82) is 0 Å². The van der Waals surface area contributed by atoms with Gasteiger partial charge in [-0.3, -0.25) is 0 Å². The molecule has 0 aliphatic carbocycles. The monoisotopic (exact) mass is 143 g/mol. The molecule has 0 aliphatic heterocycles. The predicted octanol–water partition coefficient (Wildman–Crippen LogP) is 2.29. The van der Waals surface area contributed by atoms with Crippen LogP contribution in [0.1, 0.15) is 6.92 Å². The van der Waals surface area contributed by atoms with Crippen LogP contribution in [-0.4, -0.2) is 17.6 Å². The number of hydrogen-bond donors (Lipinski definition) is 0. The van der Waals surface area contributed by atoms with E-state index in [4.69, 9.17) is 0 Å². The van der Waals surface area contributed by atoms with Crippen LogP contribution in [0.25, 0.3) is 0 Å². The minimum Gasteiger partial charge on any atom is -0.327 e. The van der Waals surface area contributed by atoms with Crippen LogP contribution in [-0.2, 0) is 0 Å². The Morgan fingerprint density at radius 2 is 2.00 bits per heavy atom. The Morgan fingerprint density at radius 1 is 1.33 bits per heavy atom. The molecule has 0 heterocycles. The van der Waals surface area contributed by atoms with E-state index in [0.29, 0.717) is 0 Å². The summed E-state index contributed by atoms with van der Waals surface area (Å²) in [5, 5.41) is 0. The molecule has 0 rings (SSSR count). The third-order valence-corrected chi connectivity index (χ3v) is 1.59. The van der Waals surface area contributed by atoms with E-state index in [-0.39, 0.29) is 0 Å². The highest BCUT2D eigenvalue weighted by atomic mass is 32.2. The summed E-state index contributed by atoms with van der Waals surface area (Å²) in [4.78, 5) is 0. The Bertz CT molecular complexity index is 107. The van der Waals surface area contributed by atoms with Gasteiger partial charge in [-0.2, -0.15) is 0 Å². The van der Waals surface area contributed by atoms with Crippen LogP contribution in [0.4, 0.5) is 0 Å². The van der Waals surface area contributed by atoms with Crippen LogP contribution in [0.5, 0.6) is 0 Å². The number of nitrogens with zero attached hydrogens (tertiary/aromatic N) is 1. The van der Waals surface area contributed by atoms with E-state index in [9.17, 15) is 0 Å². The average molecular weight is 143 g/mol. The van der Waals surface area contributed by atoms with Gasteiger partial charge >= 0.3 is 0 Å². The van der Waals surface area contributed by atoms with Gasteiger partial charge in [0, 0.05) is 19.5 Å². The van der Waals surface area contributed by atoms with Gasteiger partial charge in [-0.05, 0) is 13.0 Å². The molecule has 9 heavy (non-hydrogen) atoms. The van der Waals surface area contributed by atoms with Crippen LogP contribution < -0.4 is 0 Å². The van der Waals surface area contributed by atoms with Crippen molar-refractivity contribution < 1.29 is 0 Å². The zero-order valence-electron chi connectivity index (χ0n) is 6.16. The van der Waals surface area contributed by atoms with Crippen LogP contribution in [0.2, 0.25) is 0 Å². The van der Waals surface area contributed by atoms with Gasteiger partial charge in [-0.15, -0.1) is 0 Å². The maximum Gasteiger partial charge on any atom is 0.0176 e. The molecule has 0 aromatic carbocycles. The van der Waals surface area contributed by atoms with Crippen molar-refractivity contribution in [2.24, 2.45) is 0 Å². The molecular formula is C7H13NS. The van der Waals surface area contributed by atoms with E-state index in [1.54, 1.807) is 11.9 Å². The highest BCUT2D eigenvalue weighted by Crippen LogP contribution is 1.99. The lowest BCUT2D eigenvalue weighted by molar-refractivity contribution is 0.778. The summed E-state index contributed by atoms with van der Waals surface area (Å²) in [6, 6.07) is 0. The van der Waals surface area contributed by atoms with Gasteiger partial charge < -0.3 is 4.31 Å². The van der Waals surface area contributed by atoms with Crippen molar-refractivity contribution >= 4 is 11.9 Å². The maximum absolute atomic E-state index is 2.04. The third-order valence-electron chi connectivity index (χ3n) is 0.888. The molecule has 0 saturated heterocycles. The first-order chi connectivity index (χ1) is 4.31. The van der Waals surface area contributed by atoms with Crippen LogP contribution >= 0.6 is 11.9 Å². The third kappa shape index (κ3) is 5.50.